The number of benzene rings is 1. The first kappa shape index (κ1) is 13.9. The van der Waals surface area contributed by atoms with Crippen molar-refractivity contribution in [2.24, 2.45) is 0 Å². The standard InChI is InChI=1S/C13H17NO4S/c1-19(17,18)12-8-3-2-6-10(12)14-9-5-4-7-11(14)13(15)16/h2-3,6,8,11H,4-5,7,9H2,1H3,(H,15,16). The Morgan fingerprint density at radius 3 is 2.63 bits per heavy atom. The van der Waals surface area contributed by atoms with Gasteiger partial charge in [0, 0.05) is 12.8 Å². The lowest BCUT2D eigenvalue weighted by Gasteiger charge is -2.35. The van der Waals surface area contributed by atoms with Gasteiger partial charge < -0.3 is 10.0 Å². The molecule has 104 valence electrons. The van der Waals surface area contributed by atoms with Gasteiger partial charge in [0.15, 0.2) is 9.84 Å². The predicted octanol–water partition coefficient (Wildman–Crippen LogP) is 1.53. The van der Waals surface area contributed by atoms with Gasteiger partial charge in [0.25, 0.3) is 0 Å². The molecule has 0 amide bonds. The van der Waals surface area contributed by atoms with Crippen LogP contribution in [0.2, 0.25) is 0 Å². The molecule has 1 N–H and O–H groups in total. The number of hydrogen-bond acceptors (Lipinski definition) is 4. The molecule has 0 aliphatic carbocycles. The minimum atomic E-state index is -3.37. The first-order valence-corrected chi connectivity index (χ1v) is 8.09. The van der Waals surface area contributed by atoms with Crippen LogP contribution in [0.4, 0.5) is 5.69 Å². The van der Waals surface area contributed by atoms with E-state index in [-0.39, 0.29) is 4.90 Å². The summed E-state index contributed by atoms with van der Waals surface area (Å²) in [5.74, 6) is -0.900. The van der Waals surface area contributed by atoms with E-state index in [4.69, 9.17) is 0 Å². The number of aliphatic carboxylic acids is 1. The Morgan fingerprint density at radius 1 is 1.32 bits per heavy atom. The number of hydrogen-bond donors (Lipinski definition) is 1. The summed E-state index contributed by atoms with van der Waals surface area (Å²) in [6.45, 7) is 0.573. The second-order valence-corrected chi connectivity index (χ2v) is 6.77. The van der Waals surface area contributed by atoms with Crippen molar-refractivity contribution in [3.8, 4) is 0 Å². The van der Waals surface area contributed by atoms with Crippen molar-refractivity contribution < 1.29 is 18.3 Å². The zero-order valence-electron chi connectivity index (χ0n) is 10.7. The fourth-order valence-electron chi connectivity index (χ4n) is 2.48. The molecule has 0 spiro atoms. The number of sulfone groups is 1. The van der Waals surface area contributed by atoms with Gasteiger partial charge >= 0.3 is 5.97 Å². The van der Waals surface area contributed by atoms with Crippen LogP contribution in [0, 0.1) is 0 Å². The molecular weight excluding hydrogens is 266 g/mol. The highest BCUT2D eigenvalue weighted by Gasteiger charge is 2.31. The van der Waals surface area contributed by atoms with E-state index in [9.17, 15) is 18.3 Å². The topological polar surface area (TPSA) is 74.7 Å². The smallest absolute Gasteiger partial charge is 0.326 e. The molecule has 1 aromatic carbocycles. The van der Waals surface area contributed by atoms with E-state index >= 15 is 0 Å². The third kappa shape index (κ3) is 2.89. The van der Waals surface area contributed by atoms with Gasteiger partial charge in [0.2, 0.25) is 0 Å². The lowest BCUT2D eigenvalue weighted by atomic mass is 10.0. The maximum Gasteiger partial charge on any atom is 0.326 e. The number of piperidine rings is 1. The van der Waals surface area contributed by atoms with Gasteiger partial charge in [0.05, 0.1) is 10.6 Å². The highest BCUT2D eigenvalue weighted by Crippen LogP contribution is 2.30. The summed E-state index contributed by atoms with van der Waals surface area (Å²) < 4.78 is 23.6. The van der Waals surface area contributed by atoms with Crippen molar-refractivity contribution in [1.82, 2.24) is 0 Å². The Morgan fingerprint density at radius 2 is 2.00 bits per heavy atom. The maximum atomic E-state index is 11.8. The van der Waals surface area contributed by atoms with E-state index in [1.807, 2.05) is 0 Å². The third-order valence-corrected chi connectivity index (χ3v) is 4.51. The summed E-state index contributed by atoms with van der Waals surface area (Å²) in [6.07, 6.45) is 3.43. The van der Waals surface area contributed by atoms with Crippen molar-refractivity contribution in [3.05, 3.63) is 24.3 Å². The Labute approximate surface area is 112 Å². The molecule has 19 heavy (non-hydrogen) atoms. The van der Waals surface area contributed by atoms with Crippen molar-refractivity contribution >= 4 is 21.5 Å². The SMILES string of the molecule is CS(=O)(=O)c1ccccc1N1CCCCC1C(=O)O. The molecule has 1 atom stereocenters. The number of para-hydroxylation sites is 1. The average molecular weight is 283 g/mol. The van der Waals surface area contributed by atoms with E-state index < -0.39 is 21.8 Å². The largest absolute Gasteiger partial charge is 0.480 e. The minimum absolute atomic E-state index is 0.197. The van der Waals surface area contributed by atoms with E-state index in [0.29, 0.717) is 18.7 Å². The van der Waals surface area contributed by atoms with Crippen LogP contribution >= 0.6 is 0 Å². The lowest BCUT2D eigenvalue weighted by molar-refractivity contribution is -0.139. The Balaban J connectivity index is 2.48. The van der Waals surface area contributed by atoms with Crippen LogP contribution in [0.15, 0.2) is 29.2 Å². The van der Waals surface area contributed by atoms with Crippen LogP contribution in [0.1, 0.15) is 19.3 Å². The molecule has 1 unspecified atom stereocenters. The molecule has 6 heteroatoms. The van der Waals surface area contributed by atoms with Gasteiger partial charge in [-0.15, -0.1) is 0 Å². The lowest BCUT2D eigenvalue weighted by Crippen LogP contribution is -2.45. The normalized spacial score (nSPS) is 20.3. The maximum absolute atomic E-state index is 11.8. The van der Waals surface area contributed by atoms with Crippen LogP contribution < -0.4 is 4.90 Å². The van der Waals surface area contributed by atoms with E-state index in [1.165, 1.54) is 6.07 Å². The molecule has 1 aliphatic rings. The van der Waals surface area contributed by atoms with Gasteiger partial charge in [-0.1, -0.05) is 12.1 Å². The van der Waals surface area contributed by atoms with Crippen LogP contribution in [-0.2, 0) is 14.6 Å². The molecule has 0 bridgehead atoms. The Bertz CT molecular complexity index is 582. The summed E-state index contributed by atoms with van der Waals surface area (Å²) in [4.78, 5) is 13.2. The fourth-order valence-corrected chi connectivity index (χ4v) is 3.38. The van der Waals surface area contributed by atoms with E-state index in [1.54, 1.807) is 23.1 Å². The number of rotatable bonds is 3. The highest BCUT2D eigenvalue weighted by molar-refractivity contribution is 7.90. The summed E-state index contributed by atoms with van der Waals surface area (Å²) in [6, 6.07) is 5.95. The predicted molar refractivity (Wildman–Crippen MR) is 72.2 cm³/mol. The Hall–Kier alpha value is -1.56. The van der Waals surface area contributed by atoms with Gasteiger partial charge in [-0.05, 0) is 31.4 Å². The van der Waals surface area contributed by atoms with Gasteiger partial charge in [-0.2, -0.15) is 0 Å². The monoisotopic (exact) mass is 283 g/mol. The molecule has 1 heterocycles. The molecule has 1 saturated heterocycles. The highest BCUT2D eigenvalue weighted by atomic mass is 32.2. The zero-order valence-corrected chi connectivity index (χ0v) is 11.6. The quantitative estimate of drug-likeness (QED) is 0.910. The molecule has 5 nitrogen and oxygen atoms in total. The second kappa shape index (κ2) is 5.21. The summed E-state index contributed by atoms with van der Waals surface area (Å²) >= 11 is 0. The third-order valence-electron chi connectivity index (χ3n) is 3.36. The molecule has 1 aliphatic heterocycles. The van der Waals surface area contributed by atoms with Crippen molar-refractivity contribution in [2.45, 2.75) is 30.2 Å². The molecule has 1 aromatic rings. The van der Waals surface area contributed by atoms with Crippen LogP contribution in [0.3, 0.4) is 0 Å². The van der Waals surface area contributed by atoms with Crippen molar-refractivity contribution in [3.63, 3.8) is 0 Å². The van der Waals surface area contributed by atoms with Gasteiger partial charge in [-0.25, -0.2) is 13.2 Å². The van der Waals surface area contributed by atoms with E-state index in [2.05, 4.69) is 0 Å². The van der Waals surface area contributed by atoms with Crippen LogP contribution in [-0.4, -0.2) is 38.3 Å². The molecule has 0 radical (unpaired) electrons. The average Bonchev–Trinajstić information content (AvgIpc) is 2.37. The molecule has 2 rings (SSSR count). The molecule has 0 saturated carbocycles. The summed E-state index contributed by atoms with van der Waals surface area (Å²) in [5, 5.41) is 9.27. The fraction of sp³-hybridized carbons (Fsp3) is 0.462. The van der Waals surface area contributed by atoms with Gasteiger partial charge in [-0.3, -0.25) is 0 Å². The molecular formula is C13H17NO4S. The molecule has 0 aromatic heterocycles. The first-order valence-electron chi connectivity index (χ1n) is 6.20. The number of nitrogens with zero attached hydrogens (tertiary/aromatic N) is 1. The van der Waals surface area contributed by atoms with Crippen molar-refractivity contribution in [1.29, 1.82) is 0 Å². The zero-order chi connectivity index (χ0) is 14.0. The van der Waals surface area contributed by atoms with E-state index in [0.717, 1.165) is 19.1 Å². The first-order chi connectivity index (χ1) is 8.91. The van der Waals surface area contributed by atoms with Crippen LogP contribution in [0.5, 0.6) is 0 Å². The van der Waals surface area contributed by atoms with Gasteiger partial charge in [0.1, 0.15) is 6.04 Å². The number of carboxylic acid groups (broad SMARTS) is 1. The number of carboxylic acids is 1. The summed E-state index contributed by atoms with van der Waals surface area (Å²) in [5.41, 5.74) is 0.497. The van der Waals surface area contributed by atoms with Crippen molar-refractivity contribution in [2.75, 3.05) is 17.7 Å². The molecule has 1 fully saturated rings. The summed E-state index contributed by atoms with van der Waals surface area (Å²) in [7, 11) is -3.37. The number of anilines is 1. The minimum Gasteiger partial charge on any atom is -0.480 e. The Kier molecular flexibility index (Phi) is 3.80. The van der Waals surface area contributed by atoms with Crippen LogP contribution in [0.25, 0.3) is 0 Å². The second-order valence-electron chi connectivity index (χ2n) is 4.78. The number of carbonyl (C=O) groups is 1.